The van der Waals surface area contributed by atoms with Gasteiger partial charge in [0.1, 0.15) is 58.1 Å². The Morgan fingerprint density at radius 1 is 1.09 bits per heavy atom. The van der Waals surface area contributed by atoms with E-state index in [1.54, 1.807) is 19.1 Å². The smallest absolute Gasteiger partial charge is 0.336 e. The van der Waals surface area contributed by atoms with E-state index in [9.17, 15) is 30.0 Å². The molecule has 4 aliphatic heterocycles. The summed E-state index contributed by atoms with van der Waals surface area (Å²) in [6, 6.07) is 6.64. The molecule has 58 heavy (non-hydrogen) atoms. The number of phenols is 2. The molecule has 10 N–H and O–H groups in total. The van der Waals surface area contributed by atoms with Gasteiger partial charge in [0.2, 0.25) is 0 Å². The number of aryl methyl sites for hydroxylation is 1. The summed E-state index contributed by atoms with van der Waals surface area (Å²) in [7, 11) is 0. The number of aliphatic hydroxyl groups is 2. The minimum atomic E-state index is -1.26. The number of esters is 1. The molecule has 1 unspecified atom stereocenters. The quantitative estimate of drug-likeness (QED) is 0.139. The van der Waals surface area contributed by atoms with E-state index in [1.165, 1.54) is 12.1 Å². The van der Waals surface area contributed by atoms with Gasteiger partial charge in [-0.2, -0.15) is 0 Å². The van der Waals surface area contributed by atoms with Gasteiger partial charge in [-0.15, -0.1) is 0 Å². The van der Waals surface area contributed by atoms with Crippen molar-refractivity contribution in [3.8, 4) is 17.2 Å². The molecule has 7 atom stereocenters. The molecular formula is C45H50N4O9. The van der Waals surface area contributed by atoms with Crippen molar-refractivity contribution in [1.29, 1.82) is 0 Å². The van der Waals surface area contributed by atoms with Crippen molar-refractivity contribution >= 4 is 16.9 Å². The summed E-state index contributed by atoms with van der Waals surface area (Å²) in [4.78, 5) is 27.9. The van der Waals surface area contributed by atoms with Crippen LogP contribution < -0.4 is 32.3 Å². The van der Waals surface area contributed by atoms with Crippen LogP contribution in [-0.2, 0) is 35.4 Å². The highest BCUT2D eigenvalue weighted by Gasteiger charge is 2.57. The van der Waals surface area contributed by atoms with Gasteiger partial charge < -0.3 is 56.4 Å². The average molecular weight is 791 g/mol. The van der Waals surface area contributed by atoms with Gasteiger partial charge >= 0.3 is 5.97 Å². The highest BCUT2D eigenvalue weighted by Crippen LogP contribution is 2.59. The van der Waals surface area contributed by atoms with Crippen molar-refractivity contribution in [3.05, 3.63) is 121 Å². The Morgan fingerprint density at radius 2 is 1.91 bits per heavy atom. The standard InChI is InChI=1S/C45H50N4O9/c1-3-21(19-50)44(55)57-35-17-32-40(54)39-34(53)16-27(20-51)56-42(39)38-31-13-24-12-26(52)7-4-22(24)5-9-29(37-30(31)10-11-48-43(37)47)28-8-6-23-15-36(46)49-18-25(23)14-33(28)45(35,2)58-41(32)38/h3-4,7,10,12,15-16,18,28-29,31,33,35-36,48-52,54H,5-6,8-9,11,13-14,17,19-20,46-47H2,1-2H3/b21-3-/t28-,29-,31-,33+,35+,36?,45-/m0/s1. The van der Waals surface area contributed by atoms with Crippen LogP contribution in [0, 0.1) is 17.8 Å². The lowest BCUT2D eigenvalue weighted by Crippen LogP contribution is -2.59. The Bertz CT molecular complexity index is 2460. The number of ether oxygens (including phenoxy) is 2. The van der Waals surface area contributed by atoms with Gasteiger partial charge in [-0.25, -0.2) is 4.79 Å². The molecule has 6 aliphatic rings. The van der Waals surface area contributed by atoms with Gasteiger partial charge in [0, 0.05) is 48.2 Å². The number of hydrogen-bond donors (Lipinski definition) is 8. The van der Waals surface area contributed by atoms with Gasteiger partial charge in [0.15, 0.2) is 5.43 Å². The van der Waals surface area contributed by atoms with Gasteiger partial charge in [0.25, 0.3) is 0 Å². The third-order valence-corrected chi connectivity index (χ3v) is 13.7. The van der Waals surface area contributed by atoms with Crippen LogP contribution in [0.15, 0.2) is 91.6 Å². The molecule has 0 amide bonds. The number of carbonyl (C=O) groups is 1. The van der Waals surface area contributed by atoms with Gasteiger partial charge in [-0.05, 0) is 116 Å². The van der Waals surface area contributed by atoms with E-state index in [4.69, 9.17) is 25.4 Å². The van der Waals surface area contributed by atoms with Crippen molar-refractivity contribution in [2.75, 3.05) is 13.2 Å². The maximum Gasteiger partial charge on any atom is 0.336 e. The van der Waals surface area contributed by atoms with Crippen LogP contribution in [0.2, 0.25) is 0 Å². The molecule has 0 radical (unpaired) electrons. The minimum absolute atomic E-state index is 0.00967. The molecule has 0 saturated heterocycles. The highest BCUT2D eigenvalue weighted by molar-refractivity contribution is 5.92. The van der Waals surface area contributed by atoms with Crippen molar-refractivity contribution < 1.29 is 39.1 Å². The van der Waals surface area contributed by atoms with Gasteiger partial charge in [-0.3, -0.25) is 4.79 Å². The molecule has 5 heterocycles. The van der Waals surface area contributed by atoms with Crippen LogP contribution in [0.4, 0.5) is 0 Å². The van der Waals surface area contributed by atoms with Gasteiger partial charge in [0.05, 0.1) is 18.3 Å². The number of nitrogens with two attached hydrogens (primary N) is 2. The molecular weight excluding hydrogens is 741 g/mol. The molecule has 4 bridgehead atoms. The Kier molecular flexibility index (Phi) is 9.45. The molecule has 0 spiro atoms. The largest absolute Gasteiger partial charge is 0.508 e. The third kappa shape index (κ3) is 6.01. The number of hydrogen-bond acceptors (Lipinski definition) is 13. The number of aromatic hydroxyl groups is 2. The highest BCUT2D eigenvalue weighted by atomic mass is 16.6. The number of nitrogens with one attached hydrogen (secondary N) is 2. The van der Waals surface area contributed by atoms with Crippen molar-refractivity contribution in [1.82, 2.24) is 10.6 Å². The Hall–Kier alpha value is -5.50. The maximum atomic E-state index is 14.0. The number of allylic oxidation sites excluding steroid dienone is 5. The predicted molar refractivity (Wildman–Crippen MR) is 215 cm³/mol. The molecule has 304 valence electrons. The fourth-order valence-electron chi connectivity index (χ4n) is 10.8. The van der Waals surface area contributed by atoms with Crippen LogP contribution >= 0.6 is 0 Å². The summed E-state index contributed by atoms with van der Waals surface area (Å²) < 4.78 is 20.4. The van der Waals surface area contributed by atoms with Crippen LogP contribution in [0.3, 0.4) is 0 Å². The second-order valence-corrected chi connectivity index (χ2v) is 16.7. The second-order valence-electron chi connectivity index (χ2n) is 16.7. The first-order valence-corrected chi connectivity index (χ1v) is 20.2. The molecule has 1 aromatic heterocycles. The van der Waals surface area contributed by atoms with E-state index >= 15 is 0 Å². The topological polar surface area (TPSA) is 223 Å². The number of phenolic OH excluding ortho intramolecular Hbond substituents is 2. The number of fused-ring (bicyclic) bond motifs is 9. The Balaban J connectivity index is 1.41. The Labute approximate surface area is 335 Å². The molecule has 3 aromatic rings. The lowest BCUT2D eigenvalue weighted by molar-refractivity contribution is -0.169. The van der Waals surface area contributed by atoms with Crippen molar-refractivity contribution in [2.45, 2.75) is 89.2 Å². The van der Waals surface area contributed by atoms with E-state index in [1.807, 2.05) is 19.2 Å². The monoisotopic (exact) mass is 790 g/mol. The summed E-state index contributed by atoms with van der Waals surface area (Å²) in [5, 5.41) is 50.2. The van der Waals surface area contributed by atoms with E-state index in [-0.39, 0.29) is 69.7 Å². The third-order valence-electron chi connectivity index (χ3n) is 13.7. The summed E-state index contributed by atoms with van der Waals surface area (Å²) in [6.45, 7) is 2.98. The van der Waals surface area contributed by atoms with E-state index in [2.05, 4.69) is 22.8 Å². The number of carbonyl (C=O) groups excluding carboxylic acids is 1. The lowest BCUT2D eigenvalue weighted by atomic mass is 9.61. The number of dihydropyridines is 2. The lowest BCUT2D eigenvalue weighted by Gasteiger charge is -2.52. The van der Waals surface area contributed by atoms with E-state index < -0.39 is 42.2 Å². The first kappa shape index (κ1) is 38.0. The fourth-order valence-corrected chi connectivity index (χ4v) is 10.8. The van der Waals surface area contributed by atoms with E-state index in [0.717, 1.165) is 46.3 Å². The molecule has 2 aromatic carbocycles. The zero-order valence-electron chi connectivity index (χ0n) is 32.6. The first-order chi connectivity index (χ1) is 27.9. The maximum absolute atomic E-state index is 14.0. The number of rotatable bonds is 4. The van der Waals surface area contributed by atoms with Crippen LogP contribution in [0.25, 0.3) is 11.0 Å². The van der Waals surface area contributed by atoms with Gasteiger partial charge in [-0.1, -0.05) is 18.2 Å². The Morgan fingerprint density at radius 3 is 2.69 bits per heavy atom. The zero-order valence-corrected chi connectivity index (χ0v) is 32.6. The molecule has 13 nitrogen and oxygen atoms in total. The number of benzene rings is 2. The molecule has 1 fully saturated rings. The summed E-state index contributed by atoms with van der Waals surface area (Å²) in [5.74, 6) is -1.22. The molecule has 1 saturated carbocycles. The normalized spacial score (nSPS) is 28.8. The molecule has 2 aliphatic carbocycles. The first-order valence-electron chi connectivity index (χ1n) is 20.2. The second kappa shape index (κ2) is 14.4. The zero-order chi connectivity index (χ0) is 40.6. The van der Waals surface area contributed by atoms with Crippen LogP contribution in [0.5, 0.6) is 17.2 Å². The fraction of sp³-hybridized carbons (Fsp3) is 0.422. The van der Waals surface area contributed by atoms with E-state index in [0.29, 0.717) is 49.4 Å². The SMILES string of the molecule is C/C=C(/CO)C(=O)O[C@@H]1Cc2c3c(c4oc(CO)cc(=O)c4c2O)[C@H]2Cc4cc(O)ccc4CC[C@H](C4=C(N)NCC=C42)[C@@H]2CCC4=CC(N)NC=C4C[C@H]2[C@]1(C)O3. The van der Waals surface area contributed by atoms with Crippen LogP contribution in [-0.4, -0.2) is 57.4 Å². The van der Waals surface area contributed by atoms with Crippen LogP contribution in [0.1, 0.15) is 73.5 Å². The summed E-state index contributed by atoms with van der Waals surface area (Å²) in [5.41, 5.74) is 18.7. The molecule has 13 heteroatoms. The molecule has 9 rings (SSSR count). The predicted octanol–water partition coefficient (Wildman–Crippen LogP) is 3.96. The summed E-state index contributed by atoms with van der Waals surface area (Å²) >= 11 is 0. The van der Waals surface area contributed by atoms with Crippen molar-refractivity contribution in [3.63, 3.8) is 0 Å². The number of aliphatic hydroxyl groups excluding tert-OH is 2. The summed E-state index contributed by atoms with van der Waals surface area (Å²) in [6.07, 6.45) is 10.1. The van der Waals surface area contributed by atoms with Crippen molar-refractivity contribution in [2.24, 2.45) is 29.2 Å². The minimum Gasteiger partial charge on any atom is -0.508 e. The average Bonchev–Trinajstić information content (AvgIpc) is 3.35.